The Bertz CT molecular complexity index is 1020. The second kappa shape index (κ2) is 11.4. The molecule has 2 amide bonds. The summed E-state index contributed by atoms with van der Waals surface area (Å²) < 4.78 is 26.6. The monoisotopic (exact) mass is 473 g/mol. The van der Waals surface area contributed by atoms with Crippen molar-refractivity contribution < 1.29 is 18.0 Å². The molecule has 8 heteroatoms. The predicted molar refractivity (Wildman–Crippen MR) is 130 cm³/mol. The molecule has 7 nitrogen and oxygen atoms in total. The van der Waals surface area contributed by atoms with Crippen molar-refractivity contribution in [3.63, 3.8) is 0 Å². The first-order chi connectivity index (χ1) is 15.4. The number of nitrogens with zero attached hydrogens (tertiary/aromatic N) is 2. The first kappa shape index (κ1) is 26.5. The van der Waals surface area contributed by atoms with Gasteiger partial charge in [-0.05, 0) is 51.8 Å². The number of amides is 2. The Balaban J connectivity index is 2.07. The molecule has 0 aromatic heterocycles. The molecule has 0 saturated carbocycles. The van der Waals surface area contributed by atoms with Gasteiger partial charge in [0, 0.05) is 32.1 Å². The summed E-state index contributed by atoms with van der Waals surface area (Å²) >= 11 is 0. The third-order valence-electron chi connectivity index (χ3n) is 5.18. The van der Waals surface area contributed by atoms with Crippen LogP contribution in [-0.4, -0.2) is 54.6 Å². The Labute approximate surface area is 197 Å². The van der Waals surface area contributed by atoms with Crippen molar-refractivity contribution in [3.05, 3.63) is 66.2 Å². The SMILES string of the molecule is C[C@H](C(=O)NC(C)(C)C)N(Cc1ccccc1)C(=O)CCCN(C)S(=O)(=O)c1ccccc1. The summed E-state index contributed by atoms with van der Waals surface area (Å²) in [4.78, 5) is 27.7. The lowest BCUT2D eigenvalue weighted by molar-refractivity contribution is -0.141. The van der Waals surface area contributed by atoms with Gasteiger partial charge in [0.25, 0.3) is 0 Å². The van der Waals surface area contributed by atoms with E-state index in [1.54, 1.807) is 42.2 Å². The lowest BCUT2D eigenvalue weighted by atomic mass is 10.1. The lowest BCUT2D eigenvalue weighted by Gasteiger charge is -2.31. The third kappa shape index (κ3) is 7.98. The van der Waals surface area contributed by atoms with E-state index in [9.17, 15) is 18.0 Å². The van der Waals surface area contributed by atoms with Crippen molar-refractivity contribution in [3.8, 4) is 0 Å². The Hall–Kier alpha value is -2.71. The zero-order valence-corrected chi connectivity index (χ0v) is 20.9. The number of carbonyl (C=O) groups excluding carboxylic acids is 2. The molecule has 0 radical (unpaired) electrons. The summed E-state index contributed by atoms with van der Waals surface area (Å²) in [5.41, 5.74) is 0.506. The van der Waals surface area contributed by atoms with Crippen LogP contribution in [0.4, 0.5) is 0 Å². The Morgan fingerprint density at radius 1 is 0.970 bits per heavy atom. The molecule has 1 atom stereocenters. The topological polar surface area (TPSA) is 86.8 Å². The van der Waals surface area contributed by atoms with Crippen LogP contribution in [0.2, 0.25) is 0 Å². The van der Waals surface area contributed by atoms with Gasteiger partial charge in [0.05, 0.1) is 4.90 Å². The van der Waals surface area contributed by atoms with Crippen molar-refractivity contribution in [2.45, 2.75) is 63.6 Å². The molecule has 0 heterocycles. The van der Waals surface area contributed by atoms with Crippen LogP contribution in [0.25, 0.3) is 0 Å². The van der Waals surface area contributed by atoms with Gasteiger partial charge >= 0.3 is 0 Å². The van der Waals surface area contributed by atoms with Gasteiger partial charge in [0.15, 0.2) is 0 Å². The smallest absolute Gasteiger partial charge is 0.242 e. The molecule has 1 N–H and O–H groups in total. The molecule has 0 saturated heterocycles. The normalized spacial score (nSPS) is 12.9. The average Bonchev–Trinajstić information content (AvgIpc) is 2.77. The second-order valence-corrected chi connectivity index (χ2v) is 11.2. The average molecular weight is 474 g/mol. The molecule has 0 aliphatic rings. The molecule has 0 unspecified atom stereocenters. The molecule has 2 rings (SSSR count). The summed E-state index contributed by atoms with van der Waals surface area (Å²) in [5, 5.41) is 2.93. The first-order valence-electron chi connectivity index (χ1n) is 11.1. The Morgan fingerprint density at radius 3 is 2.06 bits per heavy atom. The van der Waals surface area contributed by atoms with E-state index in [0.29, 0.717) is 13.0 Å². The molecule has 0 aliphatic carbocycles. The number of carbonyl (C=O) groups is 2. The van der Waals surface area contributed by atoms with Gasteiger partial charge in [0.2, 0.25) is 21.8 Å². The fourth-order valence-corrected chi connectivity index (χ4v) is 4.56. The fourth-order valence-electron chi connectivity index (χ4n) is 3.33. The third-order valence-corrected chi connectivity index (χ3v) is 7.05. The number of benzene rings is 2. The molecule has 2 aromatic carbocycles. The highest BCUT2D eigenvalue weighted by atomic mass is 32.2. The van der Waals surface area contributed by atoms with Crippen molar-refractivity contribution >= 4 is 21.8 Å². The zero-order chi connectivity index (χ0) is 24.6. The minimum absolute atomic E-state index is 0.134. The molecule has 0 bridgehead atoms. The standard InChI is InChI=1S/C25H35N3O4S/c1-20(24(30)26-25(2,3)4)28(19-21-13-8-6-9-14-21)23(29)17-12-18-27(5)33(31,32)22-15-10-7-11-16-22/h6-11,13-16,20H,12,17-19H2,1-5H3,(H,26,30)/t20-/m1/s1. The van der Waals surface area contributed by atoms with Crippen LogP contribution in [0, 0.1) is 0 Å². The van der Waals surface area contributed by atoms with E-state index in [4.69, 9.17) is 0 Å². The predicted octanol–water partition coefficient (Wildman–Crippen LogP) is 3.42. The maximum Gasteiger partial charge on any atom is 0.242 e. The molecular weight excluding hydrogens is 438 g/mol. The van der Waals surface area contributed by atoms with Gasteiger partial charge < -0.3 is 10.2 Å². The number of rotatable bonds is 10. The van der Waals surface area contributed by atoms with Crippen LogP contribution in [0.3, 0.4) is 0 Å². The molecule has 0 spiro atoms. The number of sulfonamides is 1. The summed E-state index contributed by atoms with van der Waals surface area (Å²) in [6, 6.07) is 17.0. The van der Waals surface area contributed by atoms with E-state index in [1.807, 2.05) is 51.1 Å². The van der Waals surface area contributed by atoms with E-state index in [-0.39, 0.29) is 29.7 Å². The van der Waals surface area contributed by atoms with Crippen LogP contribution in [0.15, 0.2) is 65.6 Å². The highest BCUT2D eigenvalue weighted by molar-refractivity contribution is 7.89. The molecule has 2 aromatic rings. The summed E-state index contributed by atoms with van der Waals surface area (Å²) in [5.74, 6) is -0.420. The molecule has 180 valence electrons. The summed E-state index contributed by atoms with van der Waals surface area (Å²) in [6.07, 6.45) is 0.481. The van der Waals surface area contributed by atoms with Crippen LogP contribution < -0.4 is 5.32 Å². The van der Waals surface area contributed by atoms with Crippen molar-refractivity contribution in [1.82, 2.24) is 14.5 Å². The van der Waals surface area contributed by atoms with Gasteiger partial charge in [-0.1, -0.05) is 48.5 Å². The van der Waals surface area contributed by atoms with E-state index in [0.717, 1.165) is 5.56 Å². The maximum atomic E-state index is 13.1. The Morgan fingerprint density at radius 2 is 1.52 bits per heavy atom. The van der Waals surface area contributed by atoms with E-state index in [2.05, 4.69) is 5.32 Å². The molecular formula is C25H35N3O4S. The van der Waals surface area contributed by atoms with Crippen molar-refractivity contribution in [2.75, 3.05) is 13.6 Å². The van der Waals surface area contributed by atoms with E-state index >= 15 is 0 Å². The van der Waals surface area contributed by atoms with Crippen molar-refractivity contribution in [2.24, 2.45) is 0 Å². The van der Waals surface area contributed by atoms with Crippen molar-refractivity contribution in [1.29, 1.82) is 0 Å². The number of nitrogens with one attached hydrogen (secondary N) is 1. The molecule has 33 heavy (non-hydrogen) atoms. The first-order valence-corrected chi connectivity index (χ1v) is 12.5. The molecule has 0 aliphatic heterocycles. The van der Waals surface area contributed by atoms with Crippen LogP contribution >= 0.6 is 0 Å². The maximum absolute atomic E-state index is 13.1. The van der Waals surface area contributed by atoms with Crippen LogP contribution in [0.5, 0.6) is 0 Å². The van der Waals surface area contributed by atoms with Gasteiger partial charge in [0.1, 0.15) is 6.04 Å². The summed E-state index contributed by atoms with van der Waals surface area (Å²) in [6.45, 7) is 7.90. The largest absolute Gasteiger partial charge is 0.350 e. The fraction of sp³-hybridized carbons (Fsp3) is 0.440. The highest BCUT2D eigenvalue weighted by Gasteiger charge is 2.28. The minimum Gasteiger partial charge on any atom is -0.350 e. The van der Waals surface area contributed by atoms with Gasteiger partial charge in [-0.2, -0.15) is 0 Å². The quantitative estimate of drug-likeness (QED) is 0.573. The van der Waals surface area contributed by atoms with Gasteiger partial charge in [-0.15, -0.1) is 0 Å². The Kier molecular flexibility index (Phi) is 9.19. The van der Waals surface area contributed by atoms with Gasteiger partial charge in [-0.3, -0.25) is 9.59 Å². The number of hydrogen-bond donors (Lipinski definition) is 1. The molecule has 0 fully saturated rings. The van der Waals surface area contributed by atoms with E-state index in [1.165, 1.54) is 11.4 Å². The second-order valence-electron chi connectivity index (χ2n) is 9.17. The van der Waals surface area contributed by atoms with Gasteiger partial charge in [-0.25, -0.2) is 12.7 Å². The summed E-state index contributed by atoms with van der Waals surface area (Å²) in [7, 11) is -2.10. The number of hydrogen-bond acceptors (Lipinski definition) is 4. The van der Waals surface area contributed by atoms with E-state index < -0.39 is 21.6 Å². The van der Waals surface area contributed by atoms with Crippen LogP contribution in [-0.2, 0) is 26.2 Å². The lowest BCUT2D eigenvalue weighted by Crippen LogP contribution is -2.52. The minimum atomic E-state index is -3.61. The van der Waals surface area contributed by atoms with Crippen LogP contribution in [0.1, 0.15) is 46.1 Å². The highest BCUT2D eigenvalue weighted by Crippen LogP contribution is 2.16. The zero-order valence-electron chi connectivity index (χ0n) is 20.1.